The van der Waals surface area contributed by atoms with Crippen LogP contribution in [0.1, 0.15) is 25.8 Å². The lowest BCUT2D eigenvalue weighted by Crippen LogP contribution is -2.43. The highest BCUT2D eigenvalue weighted by Crippen LogP contribution is 2.31. The standard InChI is InChI=1S/C17H26N2O3S/c1-12(2)22-17-5-4-16(8-13(17)3)23(20,21)19-7-6-14-9-18-10-15(14)11-19/h4-5,8,12,14-15,18H,6-7,9-11H2,1-3H3. The molecule has 2 fully saturated rings. The van der Waals surface area contributed by atoms with Gasteiger partial charge in [0, 0.05) is 13.1 Å². The van der Waals surface area contributed by atoms with Crippen LogP contribution in [-0.4, -0.2) is 45.0 Å². The number of hydrogen-bond donors (Lipinski definition) is 1. The molecule has 2 saturated heterocycles. The van der Waals surface area contributed by atoms with E-state index in [4.69, 9.17) is 4.74 Å². The molecular formula is C17H26N2O3S. The Hall–Kier alpha value is -1.11. The quantitative estimate of drug-likeness (QED) is 0.912. The third-order valence-corrected chi connectivity index (χ3v) is 6.68. The highest BCUT2D eigenvalue weighted by Gasteiger charge is 2.37. The van der Waals surface area contributed by atoms with Crippen LogP contribution in [0.15, 0.2) is 23.1 Å². The van der Waals surface area contributed by atoms with Gasteiger partial charge in [-0.05, 0) is 75.9 Å². The summed E-state index contributed by atoms with van der Waals surface area (Å²) in [6, 6.07) is 5.16. The number of fused-ring (bicyclic) bond motifs is 1. The number of rotatable bonds is 4. The summed E-state index contributed by atoms with van der Waals surface area (Å²) in [5.74, 6) is 1.82. The van der Waals surface area contributed by atoms with Crippen molar-refractivity contribution in [3.63, 3.8) is 0 Å². The van der Waals surface area contributed by atoms with Crippen LogP contribution in [0.2, 0.25) is 0 Å². The first-order valence-corrected chi connectivity index (χ1v) is 9.80. The number of benzene rings is 1. The van der Waals surface area contributed by atoms with Crippen molar-refractivity contribution in [2.45, 2.75) is 38.2 Å². The van der Waals surface area contributed by atoms with Crippen LogP contribution in [0.3, 0.4) is 0 Å². The van der Waals surface area contributed by atoms with Gasteiger partial charge in [-0.15, -0.1) is 0 Å². The molecule has 0 bridgehead atoms. The largest absolute Gasteiger partial charge is 0.491 e. The van der Waals surface area contributed by atoms with Crippen LogP contribution in [-0.2, 0) is 10.0 Å². The van der Waals surface area contributed by atoms with Crippen molar-refractivity contribution >= 4 is 10.0 Å². The first-order chi connectivity index (χ1) is 10.9. The van der Waals surface area contributed by atoms with Crippen molar-refractivity contribution in [1.29, 1.82) is 0 Å². The molecule has 2 atom stereocenters. The summed E-state index contributed by atoms with van der Waals surface area (Å²) in [7, 11) is -3.42. The lowest BCUT2D eigenvalue weighted by molar-refractivity contribution is 0.227. The maximum absolute atomic E-state index is 12.9. The Morgan fingerprint density at radius 3 is 2.70 bits per heavy atom. The summed E-state index contributed by atoms with van der Waals surface area (Å²) < 4.78 is 33.2. The number of piperidine rings is 1. The number of nitrogens with zero attached hydrogens (tertiary/aromatic N) is 1. The van der Waals surface area contributed by atoms with Crippen LogP contribution in [0.25, 0.3) is 0 Å². The number of nitrogens with one attached hydrogen (secondary N) is 1. The molecule has 0 amide bonds. The molecule has 1 aromatic carbocycles. The lowest BCUT2D eigenvalue weighted by Gasteiger charge is -2.33. The van der Waals surface area contributed by atoms with E-state index >= 15 is 0 Å². The van der Waals surface area contributed by atoms with Gasteiger partial charge < -0.3 is 10.1 Å². The van der Waals surface area contributed by atoms with E-state index < -0.39 is 10.0 Å². The predicted octanol–water partition coefficient (Wildman–Crippen LogP) is 2.01. The van der Waals surface area contributed by atoms with Gasteiger partial charge in [-0.25, -0.2) is 8.42 Å². The Labute approximate surface area is 139 Å². The van der Waals surface area contributed by atoms with Gasteiger partial charge in [-0.1, -0.05) is 0 Å². The minimum Gasteiger partial charge on any atom is -0.491 e. The topological polar surface area (TPSA) is 58.6 Å². The molecule has 3 rings (SSSR count). The van der Waals surface area contributed by atoms with E-state index in [1.54, 1.807) is 22.5 Å². The maximum atomic E-state index is 12.9. The van der Waals surface area contributed by atoms with Crippen molar-refractivity contribution in [3.8, 4) is 5.75 Å². The first-order valence-electron chi connectivity index (χ1n) is 8.36. The molecule has 2 aliphatic heterocycles. The van der Waals surface area contributed by atoms with Crippen molar-refractivity contribution < 1.29 is 13.2 Å². The van der Waals surface area contributed by atoms with E-state index in [1.807, 2.05) is 20.8 Å². The molecular weight excluding hydrogens is 312 g/mol. The van der Waals surface area contributed by atoms with Crippen LogP contribution in [0, 0.1) is 18.8 Å². The number of sulfonamides is 1. The first kappa shape index (κ1) is 16.7. The van der Waals surface area contributed by atoms with Gasteiger partial charge in [0.2, 0.25) is 10.0 Å². The fourth-order valence-electron chi connectivity index (χ4n) is 3.54. The number of ether oxygens (including phenoxy) is 1. The second-order valence-electron chi connectivity index (χ2n) is 6.92. The molecule has 2 heterocycles. The zero-order chi connectivity index (χ0) is 16.6. The van der Waals surface area contributed by atoms with Gasteiger partial charge in [-0.3, -0.25) is 0 Å². The Kier molecular flexibility index (Phi) is 4.67. The van der Waals surface area contributed by atoms with Crippen molar-refractivity contribution in [2.75, 3.05) is 26.2 Å². The van der Waals surface area contributed by atoms with Gasteiger partial charge in [-0.2, -0.15) is 4.31 Å². The molecule has 23 heavy (non-hydrogen) atoms. The van der Waals surface area contributed by atoms with Crippen LogP contribution >= 0.6 is 0 Å². The molecule has 128 valence electrons. The van der Waals surface area contributed by atoms with Gasteiger partial charge in [0.05, 0.1) is 11.0 Å². The molecule has 0 saturated carbocycles. The highest BCUT2D eigenvalue weighted by atomic mass is 32.2. The fraction of sp³-hybridized carbons (Fsp3) is 0.647. The van der Waals surface area contributed by atoms with Crippen LogP contribution in [0.4, 0.5) is 0 Å². The monoisotopic (exact) mass is 338 g/mol. The maximum Gasteiger partial charge on any atom is 0.243 e. The average molecular weight is 338 g/mol. The molecule has 5 nitrogen and oxygen atoms in total. The normalized spacial score (nSPS) is 25.6. The lowest BCUT2D eigenvalue weighted by atomic mass is 9.90. The van der Waals surface area contributed by atoms with E-state index in [9.17, 15) is 8.42 Å². The summed E-state index contributed by atoms with van der Waals surface area (Å²) in [6.07, 6.45) is 1.02. The molecule has 0 radical (unpaired) electrons. The Morgan fingerprint density at radius 1 is 1.26 bits per heavy atom. The molecule has 1 aromatic rings. The molecule has 2 unspecified atom stereocenters. The summed E-state index contributed by atoms with van der Waals surface area (Å²) in [4.78, 5) is 0.371. The number of hydrogen-bond acceptors (Lipinski definition) is 4. The second-order valence-corrected chi connectivity index (χ2v) is 8.86. The van der Waals surface area contributed by atoms with Crippen molar-refractivity contribution in [2.24, 2.45) is 11.8 Å². The molecule has 0 spiro atoms. The zero-order valence-electron chi connectivity index (χ0n) is 14.1. The Balaban J connectivity index is 1.81. The highest BCUT2D eigenvalue weighted by molar-refractivity contribution is 7.89. The SMILES string of the molecule is Cc1cc(S(=O)(=O)N2CCC3CNCC3C2)ccc1OC(C)C. The van der Waals surface area contributed by atoms with E-state index in [-0.39, 0.29) is 6.10 Å². The van der Waals surface area contributed by atoms with E-state index in [1.165, 1.54) is 0 Å². The van der Waals surface area contributed by atoms with Crippen molar-refractivity contribution in [3.05, 3.63) is 23.8 Å². The zero-order valence-corrected chi connectivity index (χ0v) is 14.9. The van der Waals surface area contributed by atoms with Crippen LogP contribution < -0.4 is 10.1 Å². The minimum absolute atomic E-state index is 0.0741. The Bertz CT molecular complexity index is 672. The Morgan fingerprint density at radius 2 is 2.00 bits per heavy atom. The van der Waals surface area contributed by atoms with E-state index in [2.05, 4.69) is 5.32 Å². The van der Waals surface area contributed by atoms with Crippen LogP contribution in [0.5, 0.6) is 5.75 Å². The predicted molar refractivity (Wildman–Crippen MR) is 90.2 cm³/mol. The second kappa shape index (κ2) is 6.42. The summed E-state index contributed by atoms with van der Waals surface area (Å²) in [5.41, 5.74) is 0.859. The van der Waals surface area contributed by atoms with Gasteiger partial charge >= 0.3 is 0 Å². The molecule has 6 heteroatoms. The van der Waals surface area contributed by atoms with E-state index in [0.29, 0.717) is 29.8 Å². The third kappa shape index (κ3) is 3.39. The number of aryl methyl sites for hydroxylation is 1. The molecule has 2 aliphatic rings. The summed E-state index contributed by atoms with van der Waals surface area (Å²) in [6.45, 7) is 9.02. The fourth-order valence-corrected chi connectivity index (χ4v) is 5.13. The van der Waals surface area contributed by atoms with Crippen molar-refractivity contribution in [1.82, 2.24) is 9.62 Å². The summed E-state index contributed by atoms with van der Waals surface area (Å²) in [5, 5.41) is 3.37. The minimum atomic E-state index is -3.42. The van der Waals surface area contributed by atoms with Gasteiger partial charge in [0.25, 0.3) is 0 Å². The van der Waals surface area contributed by atoms with Gasteiger partial charge in [0.15, 0.2) is 0 Å². The van der Waals surface area contributed by atoms with Gasteiger partial charge in [0.1, 0.15) is 5.75 Å². The van der Waals surface area contributed by atoms with E-state index in [0.717, 1.165) is 30.8 Å². The average Bonchev–Trinajstić information content (AvgIpc) is 2.96. The molecule has 1 N–H and O–H groups in total. The molecule has 0 aliphatic carbocycles. The summed E-state index contributed by atoms with van der Waals surface area (Å²) >= 11 is 0. The molecule has 0 aromatic heterocycles. The third-order valence-electron chi connectivity index (χ3n) is 4.81. The smallest absolute Gasteiger partial charge is 0.243 e.